The average molecular weight is 340 g/mol. The third-order valence-electron chi connectivity index (χ3n) is 2.64. The first-order valence-corrected chi connectivity index (χ1v) is 7.05. The molecule has 0 atom stereocenters. The molecule has 98 valence electrons. The van der Waals surface area contributed by atoms with Gasteiger partial charge in [-0.05, 0) is 36.1 Å². The number of thiophene rings is 1. The fourth-order valence-corrected chi connectivity index (χ4v) is 2.74. The fraction of sp³-hybridized carbons (Fsp3) is 0.0769. The molecule has 4 nitrogen and oxygen atoms in total. The van der Waals surface area contributed by atoms with Gasteiger partial charge in [0.2, 0.25) is 0 Å². The van der Waals surface area contributed by atoms with Crippen LogP contribution in [0.2, 0.25) is 0 Å². The summed E-state index contributed by atoms with van der Waals surface area (Å²) in [5, 5.41) is 13.6. The molecule has 0 saturated heterocycles. The van der Waals surface area contributed by atoms with E-state index in [4.69, 9.17) is 5.11 Å². The van der Waals surface area contributed by atoms with E-state index in [1.807, 2.05) is 13.0 Å². The van der Waals surface area contributed by atoms with Crippen LogP contribution in [0.25, 0.3) is 0 Å². The van der Waals surface area contributed by atoms with Crippen molar-refractivity contribution in [1.29, 1.82) is 0 Å². The Hall–Kier alpha value is -1.66. The number of hydrogen-bond donors (Lipinski definition) is 2. The third-order valence-corrected chi connectivity index (χ3v) is 4.32. The van der Waals surface area contributed by atoms with Crippen molar-refractivity contribution in [2.75, 3.05) is 5.32 Å². The molecule has 1 aromatic heterocycles. The van der Waals surface area contributed by atoms with Crippen molar-refractivity contribution in [3.63, 3.8) is 0 Å². The van der Waals surface area contributed by atoms with Crippen LogP contribution in [-0.2, 0) is 0 Å². The number of carbonyl (C=O) groups excluding carboxylic acids is 1. The van der Waals surface area contributed by atoms with Gasteiger partial charge in [0.25, 0.3) is 5.91 Å². The van der Waals surface area contributed by atoms with Crippen LogP contribution in [0, 0.1) is 6.92 Å². The molecule has 1 amide bonds. The lowest BCUT2D eigenvalue weighted by Gasteiger charge is -2.08. The van der Waals surface area contributed by atoms with Gasteiger partial charge in [-0.1, -0.05) is 22.0 Å². The molecule has 0 bridgehead atoms. The highest BCUT2D eigenvalue weighted by Crippen LogP contribution is 2.25. The van der Waals surface area contributed by atoms with E-state index in [0.717, 1.165) is 10.0 Å². The van der Waals surface area contributed by atoms with Gasteiger partial charge < -0.3 is 10.4 Å². The minimum absolute atomic E-state index is 0.103. The molecule has 2 N–H and O–H groups in total. The number of hydrogen-bond acceptors (Lipinski definition) is 3. The van der Waals surface area contributed by atoms with Gasteiger partial charge in [-0.15, -0.1) is 11.3 Å². The summed E-state index contributed by atoms with van der Waals surface area (Å²) in [7, 11) is 0. The van der Waals surface area contributed by atoms with E-state index >= 15 is 0 Å². The van der Waals surface area contributed by atoms with Gasteiger partial charge in [-0.25, -0.2) is 4.79 Å². The zero-order chi connectivity index (χ0) is 14.0. The maximum absolute atomic E-state index is 12.1. The maximum Gasteiger partial charge on any atom is 0.338 e. The Balaban J connectivity index is 2.29. The number of nitrogens with one attached hydrogen (secondary N) is 1. The zero-order valence-corrected chi connectivity index (χ0v) is 12.3. The van der Waals surface area contributed by atoms with Gasteiger partial charge in [0, 0.05) is 10.0 Å². The minimum atomic E-state index is -1.05. The Labute approximate surface area is 122 Å². The molecule has 0 radical (unpaired) electrons. The molecule has 0 aliphatic carbocycles. The normalized spacial score (nSPS) is 10.2. The van der Waals surface area contributed by atoms with E-state index in [9.17, 15) is 9.59 Å². The molecule has 0 unspecified atom stereocenters. The van der Waals surface area contributed by atoms with Crippen LogP contribution < -0.4 is 5.32 Å². The number of rotatable bonds is 3. The molecule has 2 aromatic rings. The molecule has 1 aromatic carbocycles. The molecule has 1 heterocycles. The second kappa shape index (κ2) is 5.54. The van der Waals surface area contributed by atoms with Crippen LogP contribution >= 0.6 is 27.3 Å². The Bertz CT molecular complexity index is 651. The van der Waals surface area contributed by atoms with Crippen molar-refractivity contribution < 1.29 is 14.7 Å². The Kier molecular flexibility index (Phi) is 4.01. The predicted octanol–water partition coefficient (Wildman–Crippen LogP) is 3.77. The Morgan fingerprint density at radius 1 is 1.26 bits per heavy atom. The van der Waals surface area contributed by atoms with Gasteiger partial charge >= 0.3 is 5.97 Å². The highest BCUT2D eigenvalue weighted by Gasteiger charge is 2.16. The summed E-state index contributed by atoms with van der Waals surface area (Å²) in [6.45, 7) is 1.82. The number of halogens is 1. The summed E-state index contributed by atoms with van der Waals surface area (Å²) in [5.41, 5.74) is 1.43. The Morgan fingerprint density at radius 2 is 2.00 bits per heavy atom. The van der Waals surface area contributed by atoms with E-state index in [1.165, 1.54) is 17.4 Å². The number of carboxylic acid groups (broad SMARTS) is 1. The summed E-state index contributed by atoms with van der Waals surface area (Å²) in [6, 6.07) is 6.78. The number of amides is 1. The van der Waals surface area contributed by atoms with Crippen molar-refractivity contribution in [1.82, 2.24) is 0 Å². The van der Waals surface area contributed by atoms with Crippen LogP contribution in [0.5, 0.6) is 0 Å². The Morgan fingerprint density at radius 3 is 2.68 bits per heavy atom. The second-order valence-corrected chi connectivity index (χ2v) is 5.61. The number of aromatic carboxylic acids is 1. The van der Waals surface area contributed by atoms with Crippen LogP contribution in [0.15, 0.2) is 34.1 Å². The monoisotopic (exact) mass is 339 g/mol. The van der Waals surface area contributed by atoms with Gasteiger partial charge in [0.15, 0.2) is 0 Å². The van der Waals surface area contributed by atoms with Crippen LogP contribution in [0.1, 0.15) is 26.3 Å². The third kappa shape index (κ3) is 2.85. The quantitative estimate of drug-likeness (QED) is 0.894. The van der Waals surface area contributed by atoms with Gasteiger partial charge in [-0.3, -0.25) is 4.79 Å². The summed E-state index contributed by atoms with van der Waals surface area (Å²) in [4.78, 5) is 23.1. The number of carbonyl (C=O) groups is 2. The van der Waals surface area contributed by atoms with E-state index in [0.29, 0.717) is 10.6 Å². The number of anilines is 1. The molecule has 0 spiro atoms. The fourth-order valence-electron chi connectivity index (χ4n) is 1.60. The van der Waals surface area contributed by atoms with Crippen LogP contribution in [0.3, 0.4) is 0 Å². The predicted molar refractivity (Wildman–Crippen MR) is 78.1 cm³/mol. The first-order chi connectivity index (χ1) is 9.00. The van der Waals surface area contributed by atoms with E-state index < -0.39 is 5.97 Å². The summed E-state index contributed by atoms with van der Waals surface area (Å²) in [6.07, 6.45) is 0. The molecular weight excluding hydrogens is 330 g/mol. The number of benzene rings is 1. The van der Waals surface area contributed by atoms with Crippen molar-refractivity contribution in [3.8, 4) is 0 Å². The molecule has 0 fully saturated rings. The summed E-state index contributed by atoms with van der Waals surface area (Å²) >= 11 is 4.54. The lowest BCUT2D eigenvalue weighted by molar-refractivity contribution is 0.0698. The first kappa shape index (κ1) is 13.8. The van der Waals surface area contributed by atoms with E-state index in [-0.39, 0.29) is 11.5 Å². The standard InChI is InChI=1S/C13H10BrNO3S/c1-7-8(3-2-4-10(7)14)11(16)15-12-9(13(17)18)5-6-19-12/h2-6H,1H3,(H,15,16)(H,17,18). The molecule has 6 heteroatoms. The largest absolute Gasteiger partial charge is 0.478 e. The lowest BCUT2D eigenvalue weighted by atomic mass is 10.1. The highest BCUT2D eigenvalue weighted by molar-refractivity contribution is 9.10. The van der Waals surface area contributed by atoms with Gasteiger partial charge in [0.05, 0.1) is 5.56 Å². The first-order valence-electron chi connectivity index (χ1n) is 5.38. The minimum Gasteiger partial charge on any atom is -0.478 e. The van der Waals surface area contributed by atoms with E-state index in [1.54, 1.807) is 17.5 Å². The topological polar surface area (TPSA) is 66.4 Å². The maximum atomic E-state index is 12.1. The molecular formula is C13H10BrNO3S. The van der Waals surface area contributed by atoms with Crippen molar-refractivity contribution in [3.05, 3.63) is 50.8 Å². The molecule has 0 saturated carbocycles. The average Bonchev–Trinajstić information content (AvgIpc) is 2.80. The molecule has 0 aliphatic heterocycles. The van der Waals surface area contributed by atoms with Crippen molar-refractivity contribution in [2.24, 2.45) is 0 Å². The summed E-state index contributed by atoms with van der Waals surface area (Å²) < 4.78 is 0.838. The van der Waals surface area contributed by atoms with Gasteiger partial charge in [0.1, 0.15) is 5.00 Å². The van der Waals surface area contributed by atoms with Crippen molar-refractivity contribution >= 4 is 44.1 Å². The molecule has 0 aliphatic rings. The van der Waals surface area contributed by atoms with Crippen LogP contribution in [0.4, 0.5) is 5.00 Å². The van der Waals surface area contributed by atoms with E-state index in [2.05, 4.69) is 21.2 Å². The second-order valence-electron chi connectivity index (χ2n) is 3.84. The smallest absolute Gasteiger partial charge is 0.338 e. The number of carboxylic acids is 1. The SMILES string of the molecule is Cc1c(Br)cccc1C(=O)Nc1sccc1C(=O)O. The molecule has 19 heavy (non-hydrogen) atoms. The van der Waals surface area contributed by atoms with Crippen LogP contribution in [-0.4, -0.2) is 17.0 Å². The highest BCUT2D eigenvalue weighted by atomic mass is 79.9. The molecule has 2 rings (SSSR count). The zero-order valence-electron chi connectivity index (χ0n) is 9.94. The summed E-state index contributed by atoms with van der Waals surface area (Å²) in [5.74, 6) is -1.37. The van der Waals surface area contributed by atoms with Crippen molar-refractivity contribution in [2.45, 2.75) is 6.92 Å². The van der Waals surface area contributed by atoms with Gasteiger partial charge in [-0.2, -0.15) is 0 Å². The lowest BCUT2D eigenvalue weighted by Crippen LogP contribution is -2.14.